The lowest BCUT2D eigenvalue weighted by atomic mass is 10.0. The van der Waals surface area contributed by atoms with Crippen LogP contribution in [0, 0.1) is 13.8 Å². The molecule has 0 unspecified atom stereocenters. The number of primary amides is 2. The molecule has 7 aromatic rings. The summed E-state index contributed by atoms with van der Waals surface area (Å²) in [5.74, 6) is -1.02. The third-order valence-corrected chi connectivity index (χ3v) is 11.2. The van der Waals surface area contributed by atoms with Gasteiger partial charge in [-0.25, -0.2) is 9.97 Å². The molecule has 5 heterocycles. The first-order chi connectivity index (χ1) is 29.0. The Hall–Kier alpha value is -7.10. The Balaban J connectivity index is 1.15. The molecule has 6 N–H and O–H groups in total. The van der Waals surface area contributed by atoms with Crippen molar-refractivity contribution in [3.8, 4) is 0 Å². The molecule has 1 aliphatic rings. The van der Waals surface area contributed by atoms with Crippen LogP contribution in [-0.4, -0.2) is 62.3 Å². The van der Waals surface area contributed by atoms with Gasteiger partial charge in [-0.15, -0.1) is 0 Å². The Labute approximate surface area is 346 Å². The summed E-state index contributed by atoms with van der Waals surface area (Å²) in [5.41, 5.74) is 20.0. The van der Waals surface area contributed by atoms with Crippen molar-refractivity contribution < 1.29 is 19.2 Å². The first-order valence-corrected chi connectivity index (χ1v) is 20.4. The number of nitrogens with two attached hydrogens (primary N) is 2. The number of aromatic nitrogens is 8. The lowest BCUT2D eigenvalue weighted by molar-refractivity contribution is 0.0992. The number of hydrogen-bond donors (Lipinski definition) is 4. The van der Waals surface area contributed by atoms with E-state index in [1.807, 2.05) is 48.1 Å². The van der Waals surface area contributed by atoms with Crippen LogP contribution in [0.2, 0.25) is 0 Å². The molecule has 60 heavy (non-hydrogen) atoms. The Bertz CT molecular complexity index is 2810. The van der Waals surface area contributed by atoms with Crippen LogP contribution in [0.3, 0.4) is 0 Å². The van der Waals surface area contributed by atoms with Gasteiger partial charge in [0.1, 0.15) is 11.4 Å². The van der Waals surface area contributed by atoms with Gasteiger partial charge in [-0.2, -0.15) is 10.2 Å². The number of rotatable bonds is 3. The molecule has 4 aromatic heterocycles. The molecule has 308 valence electrons. The van der Waals surface area contributed by atoms with Gasteiger partial charge in [-0.1, -0.05) is 30.7 Å². The lowest BCUT2D eigenvalue weighted by Gasteiger charge is -2.13. The number of nitrogens with one attached hydrogen (secondary N) is 2. The van der Waals surface area contributed by atoms with Crippen molar-refractivity contribution in [1.82, 2.24) is 38.7 Å². The Morgan fingerprint density at radius 2 is 1.32 bits per heavy atom. The molecule has 0 saturated heterocycles. The third-order valence-electron chi connectivity index (χ3n) is 11.2. The van der Waals surface area contributed by atoms with Crippen LogP contribution in [-0.2, 0) is 45.4 Å². The van der Waals surface area contributed by atoms with Crippen LogP contribution >= 0.6 is 0 Å². The van der Waals surface area contributed by atoms with Crippen molar-refractivity contribution in [2.45, 2.75) is 91.9 Å². The van der Waals surface area contributed by atoms with E-state index in [2.05, 4.69) is 33.9 Å². The van der Waals surface area contributed by atoms with Crippen LogP contribution in [0.1, 0.15) is 102 Å². The molecule has 2 bridgehead atoms. The van der Waals surface area contributed by atoms with Crippen LogP contribution in [0.5, 0.6) is 0 Å². The van der Waals surface area contributed by atoms with Gasteiger partial charge < -0.3 is 20.6 Å². The summed E-state index contributed by atoms with van der Waals surface area (Å²) in [4.78, 5) is 61.9. The number of carbonyl (C=O) groups is 4. The fourth-order valence-electron chi connectivity index (χ4n) is 8.20. The van der Waals surface area contributed by atoms with Crippen LogP contribution in [0.25, 0.3) is 22.1 Å². The molecule has 0 radical (unpaired) electrons. The van der Waals surface area contributed by atoms with Gasteiger partial charge in [0.2, 0.25) is 23.7 Å². The van der Waals surface area contributed by atoms with Gasteiger partial charge in [0.15, 0.2) is 0 Å². The second kappa shape index (κ2) is 16.6. The van der Waals surface area contributed by atoms with Crippen molar-refractivity contribution in [1.29, 1.82) is 0 Å². The van der Waals surface area contributed by atoms with Crippen molar-refractivity contribution in [3.63, 3.8) is 0 Å². The number of carbonyl (C=O) groups excluding carboxylic acids is 4. The predicted molar refractivity (Wildman–Crippen MR) is 228 cm³/mol. The van der Waals surface area contributed by atoms with Crippen LogP contribution in [0.4, 0.5) is 11.9 Å². The zero-order valence-electron chi connectivity index (χ0n) is 34.0. The first kappa shape index (κ1) is 39.7. The van der Waals surface area contributed by atoms with Crippen LogP contribution < -0.4 is 22.1 Å². The second-order valence-electron chi connectivity index (χ2n) is 15.3. The molecule has 16 nitrogen and oxygen atoms in total. The number of fused-ring (bicyclic) bond motifs is 10. The number of aryl methyl sites for hydroxylation is 8. The average molecular weight is 809 g/mol. The minimum absolute atomic E-state index is 0.310. The predicted octanol–water partition coefficient (Wildman–Crippen LogP) is 5.72. The number of amides is 4. The topological polar surface area (TPSA) is 216 Å². The Kier molecular flexibility index (Phi) is 11.0. The molecule has 4 amide bonds. The highest BCUT2D eigenvalue weighted by Gasteiger charge is 2.24. The monoisotopic (exact) mass is 808 g/mol. The maximum atomic E-state index is 14.3. The fraction of sp³-hybridized carbons (Fsp3) is 0.318. The molecule has 1 aliphatic heterocycles. The van der Waals surface area contributed by atoms with E-state index in [9.17, 15) is 19.2 Å². The van der Waals surface area contributed by atoms with Gasteiger partial charge in [0.25, 0.3) is 11.8 Å². The zero-order valence-corrected chi connectivity index (χ0v) is 34.0. The van der Waals surface area contributed by atoms with Crippen LogP contribution in [0.15, 0.2) is 66.7 Å². The Morgan fingerprint density at radius 3 is 1.97 bits per heavy atom. The summed E-state index contributed by atoms with van der Waals surface area (Å²) in [6, 6.07) is 20.4. The molecule has 0 saturated carbocycles. The average Bonchev–Trinajstić information content (AvgIpc) is 3.97. The molecule has 8 rings (SSSR count). The summed E-state index contributed by atoms with van der Waals surface area (Å²) in [6.07, 6.45) is 5.07. The number of anilines is 2. The van der Waals surface area contributed by atoms with E-state index >= 15 is 0 Å². The van der Waals surface area contributed by atoms with Gasteiger partial charge >= 0.3 is 0 Å². The minimum Gasteiger partial charge on any atom is -0.366 e. The Morgan fingerprint density at radius 1 is 0.683 bits per heavy atom. The highest BCUT2D eigenvalue weighted by Crippen LogP contribution is 2.27. The van der Waals surface area contributed by atoms with E-state index in [1.165, 1.54) is 0 Å². The minimum atomic E-state index is -0.558. The number of nitrogens with zero attached hydrogens (tertiary/aromatic N) is 8. The van der Waals surface area contributed by atoms with Gasteiger partial charge in [0.05, 0.1) is 33.5 Å². The van der Waals surface area contributed by atoms with Crippen molar-refractivity contribution in [3.05, 3.63) is 117 Å². The van der Waals surface area contributed by atoms with E-state index in [0.29, 0.717) is 84.5 Å². The standard InChI is InChI=1S/C44H48N12O4/c1-4-55-38-32(27(3)52-55)13-6-5-7-20-56-37(22-26(2)51-56)41(59)49-43-47-33-24-30(39(45)57)14-16-35(33)53(43)19-9-12-28-10-8-11-29(23-28)18-21-54-36-17-15-31(40(46)58)25-34(36)48-44(54)50-42(38)60/h8,10-11,14-17,22-25H,4-7,9,12-13,18-21H2,1-3H3,(H2,45,57)(H2,46,58)(H,47,49,59)(H,48,50,60). The van der Waals surface area contributed by atoms with E-state index in [0.717, 1.165) is 71.2 Å². The van der Waals surface area contributed by atoms with Gasteiger partial charge in [0, 0.05) is 42.9 Å². The number of hydrogen-bond acceptors (Lipinski definition) is 8. The van der Waals surface area contributed by atoms with Crippen molar-refractivity contribution in [2.24, 2.45) is 11.5 Å². The molecule has 0 atom stereocenters. The first-order valence-electron chi connectivity index (χ1n) is 20.4. The zero-order chi connectivity index (χ0) is 42.1. The second-order valence-corrected chi connectivity index (χ2v) is 15.3. The normalized spacial score (nSPS) is 14.6. The van der Waals surface area contributed by atoms with Crippen molar-refractivity contribution >= 4 is 57.6 Å². The molecular formula is C44H48N12O4. The molecule has 3 aromatic carbocycles. The highest BCUT2D eigenvalue weighted by atomic mass is 16.2. The van der Waals surface area contributed by atoms with E-state index in [-0.39, 0.29) is 11.8 Å². The molecule has 0 fully saturated rings. The summed E-state index contributed by atoms with van der Waals surface area (Å²) in [7, 11) is 0. The van der Waals surface area contributed by atoms with E-state index < -0.39 is 11.8 Å². The van der Waals surface area contributed by atoms with E-state index in [4.69, 9.17) is 26.5 Å². The van der Waals surface area contributed by atoms with Gasteiger partial charge in [-0.05, 0) is 113 Å². The largest absolute Gasteiger partial charge is 0.366 e. The summed E-state index contributed by atoms with van der Waals surface area (Å²) in [5, 5.41) is 15.5. The smallest absolute Gasteiger partial charge is 0.276 e. The molecule has 0 aliphatic carbocycles. The summed E-state index contributed by atoms with van der Waals surface area (Å²) >= 11 is 0. The SMILES string of the molecule is CCn1nc(C)c2c1C(=O)Nc1nc3cc(C(N)=O)ccc3n1CCc1cccc(c1)CCCn1c(nc3cc(C(N)=O)ccc31)NC(=O)c1cc(C)nn1CCCCC2. The number of benzene rings is 3. The molecular weight excluding hydrogens is 761 g/mol. The fourth-order valence-corrected chi connectivity index (χ4v) is 8.20. The highest BCUT2D eigenvalue weighted by molar-refractivity contribution is 6.05. The molecule has 16 heteroatoms. The van der Waals surface area contributed by atoms with Crippen molar-refractivity contribution in [2.75, 3.05) is 10.6 Å². The number of imidazole rings is 2. The summed E-state index contributed by atoms with van der Waals surface area (Å²) < 4.78 is 7.41. The van der Waals surface area contributed by atoms with Gasteiger partial charge in [-0.3, -0.25) is 39.2 Å². The maximum Gasteiger partial charge on any atom is 0.276 e. The third kappa shape index (κ3) is 8.00. The maximum absolute atomic E-state index is 14.3. The quantitative estimate of drug-likeness (QED) is 0.173. The molecule has 0 spiro atoms. The summed E-state index contributed by atoms with van der Waals surface area (Å²) in [6.45, 7) is 7.80. The van der Waals surface area contributed by atoms with E-state index in [1.54, 1.807) is 39.7 Å². The lowest BCUT2D eigenvalue weighted by Crippen LogP contribution is -2.21.